The fourth-order valence-corrected chi connectivity index (χ4v) is 2.45. The number of aryl methyl sites for hydroxylation is 1. The molecule has 1 heterocycles. The van der Waals surface area contributed by atoms with E-state index in [-0.39, 0.29) is 36.4 Å². The minimum atomic E-state index is -0.171. The molecule has 1 aromatic heterocycles. The Bertz CT molecular complexity index is 509. The summed E-state index contributed by atoms with van der Waals surface area (Å²) in [7, 11) is 0. The fourth-order valence-electron chi connectivity index (χ4n) is 1.61. The Labute approximate surface area is 129 Å². The Morgan fingerprint density at radius 3 is 2.33 bits per heavy atom. The molecule has 0 radical (unpaired) electrons. The van der Waals surface area contributed by atoms with E-state index in [1.807, 2.05) is 26.8 Å². The highest BCUT2D eigenvalue weighted by atomic mass is 32.1. The van der Waals surface area contributed by atoms with Crippen LogP contribution in [0.2, 0.25) is 0 Å². The molecule has 0 aliphatic heterocycles. The van der Waals surface area contributed by atoms with Crippen molar-refractivity contribution in [3.8, 4) is 0 Å². The van der Waals surface area contributed by atoms with E-state index in [9.17, 15) is 14.4 Å². The van der Waals surface area contributed by atoms with Crippen LogP contribution in [0.1, 0.15) is 41.2 Å². The first-order valence-electron chi connectivity index (χ1n) is 7.04. The number of Topliss-reactive ketones (excluding diaryl/α,β-unsaturated/α-hetero) is 1. The number of carbonyl (C=O) groups excluding carboxylic acids is 3. The molecule has 0 unspecified atom stereocenters. The number of ketones is 1. The zero-order valence-corrected chi connectivity index (χ0v) is 13.5. The van der Waals surface area contributed by atoms with Crippen molar-refractivity contribution < 1.29 is 14.4 Å². The summed E-state index contributed by atoms with van der Waals surface area (Å²) >= 11 is 1.45. The molecule has 0 aliphatic rings. The second-order valence-electron chi connectivity index (χ2n) is 5.13. The van der Waals surface area contributed by atoms with Gasteiger partial charge in [-0.15, -0.1) is 11.3 Å². The smallest absolute Gasteiger partial charge is 0.222 e. The molecule has 2 N–H and O–H groups in total. The van der Waals surface area contributed by atoms with Crippen LogP contribution >= 0.6 is 11.3 Å². The second kappa shape index (κ2) is 8.56. The number of amides is 2. The molecule has 0 aromatic carbocycles. The summed E-state index contributed by atoms with van der Waals surface area (Å²) < 4.78 is 0. The lowest BCUT2D eigenvalue weighted by Crippen LogP contribution is -2.36. The van der Waals surface area contributed by atoms with E-state index in [2.05, 4.69) is 10.6 Å². The van der Waals surface area contributed by atoms with Gasteiger partial charge in [0.05, 0.1) is 4.88 Å². The minimum Gasteiger partial charge on any atom is -0.354 e. The zero-order valence-electron chi connectivity index (χ0n) is 12.7. The van der Waals surface area contributed by atoms with Crippen LogP contribution in [-0.4, -0.2) is 30.7 Å². The number of hydrogen-bond acceptors (Lipinski definition) is 4. The number of thiophene rings is 1. The third kappa shape index (κ3) is 6.53. The number of hydrogen-bond donors (Lipinski definition) is 2. The van der Waals surface area contributed by atoms with Gasteiger partial charge in [-0.1, -0.05) is 13.8 Å². The van der Waals surface area contributed by atoms with E-state index >= 15 is 0 Å². The van der Waals surface area contributed by atoms with Crippen LogP contribution in [0.25, 0.3) is 0 Å². The molecular weight excluding hydrogens is 288 g/mol. The maximum absolute atomic E-state index is 11.8. The van der Waals surface area contributed by atoms with E-state index < -0.39 is 0 Å². The van der Waals surface area contributed by atoms with Crippen molar-refractivity contribution in [2.75, 3.05) is 13.1 Å². The largest absolute Gasteiger partial charge is 0.354 e. The van der Waals surface area contributed by atoms with Gasteiger partial charge in [-0.25, -0.2) is 0 Å². The lowest BCUT2D eigenvalue weighted by molar-refractivity contribution is -0.124. The van der Waals surface area contributed by atoms with E-state index in [0.717, 1.165) is 4.88 Å². The topological polar surface area (TPSA) is 75.3 Å². The molecule has 116 valence electrons. The van der Waals surface area contributed by atoms with Gasteiger partial charge in [0.1, 0.15) is 0 Å². The average Bonchev–Trinajstić information content (AvgIpc) is 2.87. The standard InChI is InChI=1S/C15H22N2O3S/c1-10(2)15(20)17-9-8-16-14(19)7-5-12(18)13-6-4-11(3)21-13/h4,6,10H,5,7-9H2,1-3H3,(H,16,19)(H,17,20). The van der Waals surface area contributed by atoms with Gasteiger partial charge >= 0.3 is 0 Å². The Hall–Kier alpha value is -1.69. The van der Waals surface area contributed by atoms with E-state index in [4.69, 9.17) is 0 Å². The normalized spacial score (nSPS) is 10.5. The molecule has 0 aliphatic carbocycles. The van der Waals surface area contributed by atoms with Crippen molar-refractivity contribution in [2.24, 2.45) is 5.92 Å². The summed E-state index contributed by atoms with van der Waals surface area (Å²) in [5.41, 5.74) is 0. The summed E-state index contributed by atoms with van der Waals surface area (Å²) in [5.74, 6) is -0.271. The SMILES string of the molecule is Cc1ccc(C(=O)CCC(=O)NCCNC(=O)C(C)C)s1. The van der Waals surface area contributed by atoms with E-state index in [1.54, 1.807) is 6.07 Å². The van der Waals surface area contributed by atoms with Crippen molar-refractivity contribution >= 4 is 28.9 Å². The number of rotatable bonds is 8. The molecule has 0 fully saturated rings. The van der Waals surface area contributed by atoms with Crippen LogP contribution in [0.4, 0.5) is 0 Å². The Balaban J connectivity index is 2.17. The number of nitrogens with one attached hydrogen (secondary N) is 2. The third-order valence-electron chi connectivity index (χ3n) is 2.87. The highest BCUT2D eigenvalue weighted by Gasteiger charge is 2.11. The first-order valence-corrected chi connectivity index (χ1v) is 7.86. The summed E-state index contributed by atoms with van der Waals surface area (Å²) in [6.07, 6.45) is 0.387. The van der Waals surface area contributed by atoms with Gasteiger partial charge in [-0.2, -0.15) is 0 Å². The molecule has 5 nitrogen and oxygen atoms in total. The maximum atomic E-state index is 11.8. The molecule has 1 rings (SSSR count). The summed E-state index contributed by atoms with van der Waals surface area (Å²) in [6, 6.07) is 3.69. The molecule has 0 bridgehead atoms. The Morgan fingerprint density at radius 1 is 1.10 bits per heavy atom. The molecule has 0 spiro atoms. The molecule has 6 heteroatoms. The van der Waals surface area contributed by atoms with Crippen molar-refractivity contribution in [3.05, 3.63) is 21.9 Å². The average molecular weight is 310 g/mol. The van der Waals surface area contributed by atoms with Crippen LogP contribution < -0.4 is 10.6 Å². The minimum absolute atomic E-state index is 0.00337. The lowest BCUT2D eigenvalue weighted by atomic mass is 10.2. The van der Waals surface area contributed by atoms with Gasteiger partial charge in [-0.05, 0) is 19.1 Å². The highest BCUT2D eigenvalue weighted by molar-refractivity contribution is 7.14. The quantitative estimate of drug-likeness (QED) is 0.569. The summed E-state index contributed by atoms with van der Waals surface area (Å²) in [6.45, 7) is 6.35. The maximum Gasteiger partial charge on any atom is 0.222 e. The molecular formula is C15H22N2O3S. The zero-order chi connectivity index (χ0) is 15.8. The van der Waals surface area contributed by atoms with Gasteiger partial charge in [0.15, 0.2) is 5.78 Å². The Morgan fingerprint density at radius 2 is 1.76 bits per heavy atom. The van der Waals surface area contributed by atoms with Gasteiger partial charge in [0.25, 0.3) is 0 Å². The van der Waals surface area contributed by atoms with Crippen LogP contribution in [0.15, 0.2) is 12.1 Å². The van der Waals surface area contributed by atoms with Crippen molar-refractivity contribution in [3.63, 3.8) is 0 Å². The first-order chi connectivity index (χ1) is 9.90. The molecule has 0 saturated carbocycles. The third-order valence-corrected chi connectivity index (χ3v) is 3.91. The fraction of sp³-hybridized carbons (Fsp3) is 0.533. The molecule has 2 amide bonds. The van der Waals surface area contributed by atoms with Crippen molar-refractivity contribution in [1.82, 2.24) is 10.6 Å². The summed E-state index contributed by atoms with van der Waals surface area (Å²) in [4.78, 5) is 36.5. The van der Waals surface area contributed by atoms with Crippen molar-refractivity contribution in [2.45, 2.75) is 33.6 Å². The molecule has 1 aromatic rings. The van der Waals surface area contributed by atoms with Crippen LogP contribution in [0, 0.1) is 12.8 Å². The highest BCUT2D eigenvalue weighted by Crippen LogP contribution is 2.17. The molecule has 0 saturated heterocycles. The Kier molecular flexibility index (Phi) is 7.08. The predicted octanol–water partition coefficient (Wildman–Crippen LogP) is 1.91. The second-order valence-corrected chi connectivity index (χ2v) is 6.42. The molecule has 0 atom stereocenters. The summed E-state index contributed by atoms with van der Waals surface area (Å²) in [5, 5.41) is 5.40. The van der Waals surface area contributed by atoms with Crippen LogP contribution in [0.5, 0.6) is 0 Å². The van der Waals surface area contributed by atoms with Gasteiger partial charge in [0, 0.05) is 36.7 Å². The van der Waals surface area contributed by atoms with Gasteiger partial charge in [-0.3, -0.25) is 14.4 Å². The number of carbonyl (C=O) groups is 3. The van der Waals surface area contributed by atoms with Crippen molar-refractivity contribution in [1.29, 1.82) is 0 Å². The van der Waals surface area contributed by atoms with E-state index in [1.165, 1.54) is 11.3 Å². The first kappa shape index (κ1) is 17.4. The van der Waals surface area contributed by atoms with Crippen LogP contribution in [0.3, 0.4) is 0 Å². The van der Waals surface area contributed by atoms with Gasteiger partial charge < -0.3 is 10.6 Å². The predicted molar refractivity (Wildman–Crippen MR) is 83.5 cm³/mol. The monoisotopic (exact) mass is 310 g/mol. The van der Waals surface area contributed by atoms with Gasteiger partial charge in [0.2, 0.25) is 11.8 Å². The molecule has 21 heavy (non-hydrogen) atoms. The van der Waals surface area contributed by atoms with Crippen LogP contribution in [-0.2, 0) is 9.59 Å². The lowest BCUT2D eigenvalue weighted by Gasteiger charge is -2.08. The van der Waals surface area contributed by atoms with E-state index in [0.29, 0.717) is 18.0 Å².